The molecule has 6 heteroatoms. The third-order valence-electron chi connectivity index (χ3n) is 2.91. The van der Waals surface area contributed by atoms with Crippen LogP contribution in [0.1, 0.15) is 21.5 Å². The van der Waals surface area contributed by atoms with Gasteiger partial charge in [-0.25, -0.2) is 4.98 Å². The number of carbonyl (C=O) groups excluding carboxylic acids is 1. The molecule has 2 aromatic rings. The van der Waals surface area contributed by atoms with Gasteiger partial charge < -0.3 is 10.1 Å². The van der Waals surface area contributed by atoms with E-state index in [4.69, 9.17) is 16.3 Å². The van der Waals surface area contributed by atoms with Crippen LogP contribution < -0.4 is 5.32 Å². The zero-order chi connectivity index (χ0) is 15.2. The van der Waals surface area contributed by atoms with Crippen molar-refractivity contribution in [2.75, 3.05) is 7.11 Å². The summed E-state index contributed by atoms with van der Waals surface area (Å²) in [5.74, 6) is -0.263. The Labute approximate surface area is 136 Å². The Kier molecular flexibility index (Phi) is 5.73. The Morgan fingerprint density at radius 3 is 2.81 bits per heavy atom. The minimum absolute atomic E-state index is 0.181. The zero-order valence-electron chi connectivity index (χ0n) is 11.4. The normalized spacial score (nSPS) is 10.4. The fourth-order valence-electron chi connectivity index (χ4n) is 1.88. The van der Waals surface area contributed by atoms with Crippen LogP contribution in [0.15, 0.2) is 41.0 Å². The summed E-state index contributed by atoms with van der Waals surface area (Å²) in [5, 5.41) is 3.02. The number of ether oxygens (including phenoxy) is 1. The second kappa shape index (κ2) is 7.54. The van der Waals surface area contributed by atoms with Gasteiger partial charge in [-0.3, -0.25) is 4.79 Å². The number of methoxy groups -OCH3 is 1. The molecule has 0 saturated heterocycles. The van der Waals surface area contributed by atoms with Crippen molar-refractivity contribution in [3.05, 3.63) is 62.8 Å². The SMILES string of the molecule is COCc1ccccc1CNC(=O)c1cc(Br)cnc1Cl. The summed E-state index contributed by atoms with van der Waals surface area (Å²) in [4.78, 5) is 16.1. The molecule has 0 aliphatic rings. The van der Waals surface area contributed by atoms with Gasteiger partial charge in [0, 0.05) is 24.3 Å². The molecule has 4 nitrogen and oxygen atoms in total. The predicted molar refractivity (Wildman–Crippen MR) is 85.3 cm³/mol. The lowest BCUT2D eigenvalue weighted by Crippen LogP contribution is -2.24. The molecule has 0 aliphatic heterocycles. The molecule has 1 aromatic heterocycles. The van der Waals surface area contributed by atoms with Gasteiger partial charge in [-0.1, -0.05) is 35.9 Å². The fraction of sp³-hybridized carbons (Fsp3) is 0.200. The lowest BCUT2D eigenvalue weighted by Gasteiger charge is -2.10. The summed E-state index contributed by atoms with van der Waals surface area (Å²) in [5.41, 5.74) is 2.39. The lowest BCUT2D eigenvalue weighted by molar-refractivity contribution is 0.0950. The summed E-state index contributed by atoms with van der Waals surface area (Å²) in [6.45, 7) is 0.909. The van der Waals surface area contributed by atoms with Crippen LogP contribution in [-0.4, -0.2) is 18.0 Å². The highest BCUT2D eigenvalue weighted by molar-refractivity contribution is 9.10. The van der Waals surface area contributed by atoms with E-state index in [0.29, 0.717) is 23.2 Å². The number of nitrogens with one attached hydrogen (secondary N) is 1. The van der Waals surface area contributed by atoms with Gasteiger partial charge in [0.05, 0.1) is 12.2 Å². The summed E-state index contributed by atoms with van der Waals surface area (Å²) < 4.78 is 5.85. The molecule has 0 bridgehead atoms. The number of aromatic nitrogens is 1. The molecule has 0 unspecified atom stereocenters. The molecule has 21 heavy (non-hydrogen) atoms. The van der Waals surface area contributed by atoms with Crippen LogP contribution in [0, 0.1) is 0 Å². The number of pyridine rings is 1. The molecule has 0 saturated carbocycles. The summed E-state index contributed by atoms with van der Waals surface area (Å²) in [7, 11) is 1.64. The Morgan fingerprint density at radius 2 is 2.10 bits per heavy atom. The van der Waals surface area contributed by atoms with Crippen LogP contribution in [0.2, 0.25) is 5.15 Å². The minimum Gasteiger partial charge on any atom is -0.380 e. The van der Waals surface area contributed by atoms with Gasteiger partial charge >= 0.3 is 0 Å². The largest absolute Gasteiger partial charge is 0.380 e. The van der Waals surface area contributed by atoms with E-state index in [1.54, 1.807) is 19.4 Å². The second-order valence-corrected chi connectivity index (χ2v) is 5.65. The molecule has 0 fully saturated rings. The van der Waals surface area contributed by atoms with Gasteiger partial charge in [-0.2, -0.15) is 0 Å². The molecule has 2 rings (SSSR count). The van der Waals surface area contributed by atoms with Crippen molar-refractivity contribution in [2.24, 2.45) is 0 Å². The summed E-state index contributed by atoms with van der Waals surface area (Å²) in [6.07, 6.45) is 1.55. The monoisotopic (exact) mass is 368 g/mol. The highest BCUT2D eigenvalue weighted by Crippen LogP contribution is 2.18. The van der Waals surface area contributed by atoms with Gasteiger partial charge in [0.2, 0.25) is 0 Å². The number of halogens is 2. The van der Waals surface area contributed by atoms with Crippen LogP contribution in [0.25, 0.3) is 0 Å². The fourth-order valence-corrected chi connectivity index (χ4v) is 2.40. The molecule has 1 aromatic carbocycles. The van der Waals surface area contributed by atoms with Crippen LogP contribution in [-0.2, 0) is 17.9 Å². The van der Waals surface area contributed by atoms with Gasteiger partial charge in [-0.05, 0) is 33.1 Å². The molecule has 0 spiro atoms. The molecule has 0 aliphatic carbocycles. The second-order valence-electron chi connectivity index (χ2n) is 4.38. The maximum Gasteiger partial charge on any atom is 0.254 e. The van der Waals surface area contributed by atoms with E-state index in [-0.39, 0.29) is 11.1 Å². The van der Waals surface area contributed by atoms with E-state index in [9.17, 15) is 4.79 Å². The lowest BCUT2D eigenvalue weighted by atomic mass is 10.1. The molecule has 0 atom stereocenters. The van der Waals surface area contributed by atoms with E-state index in [0.717, 1.165) is 11.1 Å². The van der Waals surface area contributed by atoms with Crippen LogP contribution in [0.3, 0.4) is 0 Å². The number of amides is 1. The minimum atomic E-state index is -0.263. The first-order valence-electron chi connectivity index (χ1n) is 6.26. The standard InChI is InChI=1S/C15H14BrClN2O2/c1-21-9-11-5-3-2-4-10(11)7-19-15(20)13-6-12(16)8-18-14(13)17/h2-6,8H,7,9H2,1H3,(H,19,20). The van der Waals surface area contributed by atoms with Crippen molar-refractivity contribution in [3.8, 4) is 0 Å². The van der Waals surface area contributed by atoms with E-state index >= 15 is 0 Å². The molecule has 1 N–H and O–H groups in total. The number of nitrogens with zero attached hydrogens (tertiary/aromatic N) is 1. The number of benzene rings is 1. The molecule has 110 valence electrons. The van der Waals surface area contributed by atoms with E-state index in [2.05, 4.69) is 26.2 Å². The summed E-state index contributed by atoms with van der Waals surface area (Å²) >= 11 is 9.22. The average molecular weight is 370 g/mol. The van der Waals surface area contributed by atoms with Crippen molar-refractivity contribution in [1.82, 2.24) is 10.3 Å². The van der Waals surface area contributed by atoms with Crippen molar-refractivity contribution < 1.29 is 9.53 Å². The highest BCUT2D eigenvalue weighted by Gasteiger charge is 2.12. The van der Waals surface area contributed by atoms with Crippen LogP contribution in [0.4, 0.5) is 0 Å². The zero-order valence-corrected chi connectivity index (χ0v) is 13.7. The predicted octanol–water partition coefficient (Wildman–Crippen LogP) is 3.57. The quantitative estimate of drug-likeness (QED) is 0.820. The molecule has 1 amide bonds. The first kappa shape index (κ1) is 15.9. The topological polar surface area (TPSA) is 51.2 Å². The smallest absolute Gasteiger partial charge is 0.254 e. The van der Waals surface area contributed by atoms with Gasteiger partial charge in [0.25, 0.3) is 5.91 Å². The van der Waals surface area contributed by atoms with Crippen LogP contribution in [0.5, 0.6) is 0 Å². The number of rotatable bonds is 5. The number of carbonyl (C=O) groups is 1. The molecular weight excluding hydrogens is 356 g/mol. The Hall–Kier alpha value is -1.43. The van der Waals surface area contributed by atoms with Crippen LogP contribution >= 0.6 is 27.5 Å². The highest BCUT2D eigenvalue weighted by atomic mass is 79.9. The Morgan fingerprint density at radius 1 is 1.38 bits per heavy atom. The average Bonchev–Trinajstić information content (AvgIpc) is 2.49. The first-order valence-corrected chi connectivity index (χ1v) is 7.44. The first-order chi connectivity index (χ1) is 10.1. The van der Waals surface area contributed by atoms with Gasteiger partial charge in [0.15, 0.2) is 0 Å². The van der Waals surface area contributed by atoms with Crippen molar-refractivity contribution in [3.63, 3.8) is 0 Å². The van der Waals surface area contributed by atoms with Gasteiger partial charge in [-0.15, -0.1) is 0 Å². The third kappa shape index (κ3) is 4.27. The maximum atomic E-state index is 12.2. The number of hydrogen-bond acceptors (Lipinski definition) is 3. The summed E-state index contributed by atoms with van der Waals surface area (Å²) in [6, 6.07) is 9.43. The van der Waals surface area contributed by atoms with Crippen molar-refractivity contribution in [2.45, 2.75) is 13.2 Å². The number of hydrogen-bond donors (Lipinski definition) is 1. The Balaban J connectivity index is 2.09. The van der Waals surface area contributed by atoms with E-state index in [1.807, 2.05) is 24.3 Å². The van der Waals surface area contributed by atoms with E-state index < -0.39 is 0 Å². The van der Waals surface area contributed by atoms with Crippen molar-refractivity contribution >= 4 is 33.4 Å². The Bertz CT molecular complexity index is 649. The van der Waals surface area contributed by atoms with Gasteiger partial charge in [0.1, 0.15) is 5.15 Å². The van der Waals surface area contributed by atoms with Crippen molar-refractivity contribution in [1.29, 1.82) is 0 Å². The van der Waals surface area contributed by atoms with E-state index in [1.165, 1.54) is 0 Å². The maximum absolute atomic E-state index is 12.2. The molecule has 0 radical (unpaired) electrons. The molecular formula is C15H14BrClN2O2. The molecule has 1 heterocycles. The third-order valence-corrected chi connectivity index (χ3v) is 3.64.